The predicted molar refractivity (Wildman–Crippen MR) is 54.2 cm³/mol. The minimum Gasteiger partial charge on any atom is -0.388 e. The number of hydrogen-bond donors (Lipinski definition) is 1. The van der Waals surface area contributed by atoms with Gasteiger partial charge in [-0.1, -0.05) is 12.1 Å². The molecular formula is C12H11NO. The van der Waals surface area contributed by atoms with Crippen molar-refractivity contribution in [3.63, 3.8) is 0 Å². The minimum absolute atomic E-state index is 0.529. The number of benzene rings is 1. The Morgan fingerprint density at radius 1 is 1.36 bits per heavy atom. The number of terminal acetylenes is 1. The SMILES string of the molecule is C#CCCC(O)c1ccc(C#N)cc1. The molecule has 0 saturated carbocycles. The molecule has 0 aromatic heterocycles. The van der Waals surface area contributed by atoms with Crippen LogP contribution in [0, 0.1) is 23.7 Å². The summed E-state index contributed by atoms with van der Waals surface area (Å²) in [4.78, 5) is 0. The van der Waals surface area contributed by atoms with E-state index < -0.39 is 6.10 Å². The second-order valence-electron chi connectivity index (χ2n) is 2.99. The van der Waals surface area contributed by atoms with Gasteiger partial charge < -0.3 is 5.11 Å². The van der Waals surface area contributed by atoms with Gasteiger partial charge in [-0.3, -0.25) is 0 Å². The maximum atomic E-state index is 9.64. The molecule has 0 aliphatic rings. The van der Waals surface area contributed by atoms with Crippen molar-refractivity contribution in [3.8, 4) is 18.4 Å². The molecule has 0 heterocycles. The Balaban J connectivity index is 2.68. The molecule has 0 saturated heterocycles. The zero-order chi connectivity index (χ0) is 10.4. The summed E-state index contributed by atoms with van der Waals surface area (Å²) in [5.74, 6) is 2.48. The Labute approximate surface area is 83.8 Å². The summed E-state index contributed by atoms with van der Waals surface area (Å²) in [5, 5.41) is 18.2. The van der Waals surface area contributed by atoms with E-state index in [9.17, 15) is 5.11 Å². The molecule has 0 bridgehead atoms. The highest BCUT2D eigenvalue weighted by molar-refractivity contribution is 5.32. The van der Waals surface area contributed by atoms with Gasteiger partial charge in [0.2, 0.25) is 0 Å². The monoisotopic (exact) mass is 185 g/mol. The van der Waals surface area contributed by atoms with Gasteiger partial charge >= 0.3 is 0 Å². The van der Waals surface area contributed by atoms with E-state index in [2.05, 4.69) is 5.92 Å². The first-order valence-corrected chi connectivity index (χ1v) is 4.39. The van der Waals surface area contributed by atoms with E-state index in [4.69, 9.17) is 11.7 Å². The highest BCUT2D eigenvalue weighted by Gasteiger charge is 2.05. The van der Waals surface area contributed by atoms with Crippen molar-refractivity contribution in [2.24, 2.45) is 0 Å². The molecule has 1 atom stereocenters. The van der Waals surface area contributed by atoms with E-state index in [0.717, 1.165) is 5.56 Å². The van der Waals surface area contributed by atoms with Gasteiger partial charge in [0, 0.05) is 6.42 Å². The van der Waals surface area contributed by atoms with Crippen LogP contribution in [0.25, 0.3) is 0 Å². The van der Waals surface area contributed by atoms with Gasteiger partial charge in [0.05, 0.1) is 17.7 Å². The number of nitrogens with zero attached hydrogens (tertiary/aromatic N) is 1. The number of aliphatic hydroxyl groups excluding tert-OH is 1. The van der Waals surface area contributed by atoms with E-state index in [1.54, 1.807) is 24.3 Å². The van der Waals surface area contributed by atoms with E-state index >= 15 is 0 Å². The first-order valence-electron chi connectivity index (χ1n) is 4.39. The molecule has 0 amide bonds. The van der Waals surface area contributed by atoms with Crippen molar-refractivity contribution in [1.82, 2.24) is 0 Å². The molecule has 0 radical (unpaired) electrons. The van der Waals surface area contributed by atoms with Crippen LogP contribution in [0.4, 0.5) is 0 Å². The van der Waals surface area contributed by atoms with Gasteiger partial charge in [0.15, 0.2) is 0 Å². The second-order valence-corrected chi connectivity index (χ2v) is 2.99. The molecule has 14 heavy (non-hydrogen) atoms. The summed E-state index contributed by atoms with van der Waals surface area (Å²) in [6.45, 7) is 0. The van der Waals surface area contributed by atoms with Crippen LogP contribution in [0.5, 0.6) is 0 Å². The molecule has 2 heteroatoms. The molecule has 2 nitrogen and oxygen atoms in total. The fourth-order valence-electron chi connectivity index (χ4n) is 1.17. The zero-order valence-corrected chi connectivity index (χ0v) is 7.77. The van der Waals surface area contributed by atoms with E-state index in [-0.39, 0.29) is 0 Å². The van der Waals surface area contributed by atoms with Crippen LogP contribution in [0.1, 0.15) is 30.1 Å². The van der Waals surface area contributed by atoms with Gasteiger partial charge in [-0.15, -0.1) is 12.3 Å². The summed E-state index contributed by atoms with van der Waals surface area (Å²) >= 11 is 0. The van der Waals surface area contributed by atoms with Crippen LogP contribution in [0.2, 0.25) is 0 Å². The topological polar surface area (TPSA) is 44.0 Å². The number of aliphatic hydroxyl groups is 1. The molecule has 70 valence electrons. The van der Waals surface area contributed by atoms with Crippen LogP contribution in [0.15, 0.2) is 24.3 Å². The third-order valence-electron chi connectivity index (χ3n) is 1.99. The largest absolute Gasteiger partial charge is 0.388 e. The van der Waals surface area contributed by atoms with Gasteiger partial charge in [-0.25, -0.2) is 0 Å². The Kier molecular flexibility index (Phi) is 3.73. The van der Waals surface area contributed by atoms with Crippen molar-refractivity contribution in [3.05, 3.63) is 35.4 Å². The highest BCUT2D eigenvalue weighted by Crippen LogP contribution is 2.18. The van der Waals surface area contributed by atoms with Crippen LogP contribution >= 0.6 is 0 Å². The lowest BCUT2D eigenvalue weighted by atomic mass is 10.0. The average molecular weight is 185 g/mol. The highest BCUT2D eigenvalue weighted by atomic mass is 16.3. The van der Waals surface area contributed by atoms with Gasteiger partial charge in [-0.05, 0) is 24.1 Å². The van der Waals surface area contributed by atoms with E-state index in [0.29, 0.717) is 18.4 Å². The quantitative estimate of drug-likeness (QED) is 0.732. The predicted octanol–water partition coefficient (Wildman–Crippen LogP) is 2.01. The molecule has 0 spiro atoms. The number of hydrogen-bond acceptors (Lipinski definition) is 2. The normalized spacial score (nSPS) is 11.4. The van der Waals surface area contributed by atoms with Gasteiger partial charge in [-0.2, -0.15) is 5.26 Å². The minimum atomic E-state index is -0.529. The number of rotatable bonds is 3. The standard InChI is InChI=1S/C12H11NO/c1-2-3-4-12(14)11-7-5-10(9-13)6-8-11/h1,5-8,12,14H,3-4H2. The molecule has 1 rings (SSSR count). The Bertz CT molecular complexity index is 367. The fraction of sp³-hybridized carbons (Fsp3) is 0.250. The van der Waals surface area contributed by atoms with Gasteiger partial charge in [0.25, 0.3) is 0 Å². The molecule has 0 aliphatic carbocycles. The number of nitriles is 1. The molecule has 0 aliphatic heterocycles. The van der Waals surface area contributed by atoms with Crippen LogP contribution in [-0.2, 0) is 0 Å². The lowest BCUT2D eigenvalue weighted by Crippen LogP contribution is -1.96. The molecule has 0 fully saturated rings. The Morgan fingerprint density at radius 2 is 2.00 bits per heavy atom. The van der Waals surface area contributed by atoms with E-state index in [1.807, 2.05) is 6.07 Å². The zero-order valence-electron chi connectivity index (χ0n) is 7.77. The summed E-state index contributed by atoms with van der Waals surface area (Å²) < 4.78 is 0. The van der Waals surface area contributed by atoms with Gasteiger partial charge in [0.1, 0.15) is 0 Å². The van der Waals surface area contributed by atoms with Crippen molar-refractivity contribution in [2.45, 2.75) is 18.9 Å². The maximum absolute atomic E-state index is 9.64. The Morgan fingerprint density at radius 3 is 2.50 bits per heavy atom. The third kappa shape index (κ3) is 2.62. The fourth-order valence-corrected chi connectivity index (χ4v) is 1.17. The molecule has 1 N–H and O–H groups in total. The van der Waals surface area contributed by atoms with E-state index in [1.165, 1.54) is 0 Å². The summed E-state index contributed by atoms with van der Waals surface area (Å²) in [6.07, 6.45) is 5.68. The summed E-state index contributed by atoms with van der Waals surface area (Å²) in [5.41, 5.74) is 1.40. The lowest BCUT2D eigenvalue weighted by Gasteiger charge is -2.08. The summed E-state index contributed by atoms with van der Waals surface area (Å²) in [6, 6.07) is 8.90. The molecule has 1 aromatic carbocycles. The second kappa shape index (κ2) is 5.07. The first-order chi connectivity index (χ1) is 6.77. The van der Waals surface area contributed by atoms with Crippen LogP contribution in [0.3, 0.4) is 0 Å². The average Bonchev–Trinajstić information content (AvgIpc) is 2.26. The van der Waals surface area contributed by atoms with Crippen LogP contribution < -0.4 is 0 Å². The first kappa shape index (κ1) is 10.3. The molecule has 1 aromatic rings. The van der Waals surface area contributed by atoms with Crippen molar-refractivity contribution < 1.29 is 5.11 Å². The maximum Gasteiger partial charge on any atom is 0.0991 e. The van der Waals surface area contributed by atoms with Crippen molar-refractivity contribution in [2.75, 3.05) is 0 Å². The third-order valence-corrected chi connectivity index (χ3v) is 1.99. The van der Waals surface area contributed by atoms with Crippen molar-refractivity contribution >= 4 is 0 Å². The molecule has 1 unspecified atom stereocenters. The van der Waals surface area contributed by atoms with Crippen molar-refractivity contribution in [1.29, 1.82) is 5.26 Å². The summed E-state index contributed by atoms with van der Waals surface area (Å²) in [7, 11) is 0. The lowest BCUT2D eigenvalue weighted by molar-refractivity contribution is 0.169. The van der Waals surface area contributed by atoms with Crippen LogP contribution in [-0.4, -0.2) is 5.11 Å². The molecular weight excluding hydrogens is 174 g/mol. The Hall–Kier alpha value is -1.77. The smallest absolute Gasteiger partial charge is 0.0991 e.